The van der Waals surface area contributed by atoms with Gasteiger partial charge in [0.2, 0.25) is 5.69 Å². The summed E-state index contributed by atoms with van der Waals surface area (Å²) in [5, 5.41) is 7.63. The van der Waals surface area contributed by atoms with Gasteiger partial charge in [-0.3, -0.25) is 0 Å². The molecule has 1 fully saturated rings. The summed E-state index contributed by atoms with van der Waals surface area (Å²) in [6.45, 7) is 13.1. The molecule has 0 radical (unpaired) electrons. The highest BCUT2D eigenvalue weighted by molar-refractivity contribution is 6.16. The lowest BCUT2D eigenvalue weighted by atomic mass is 9.78. The summed E-state index contributed by atoms with van der Waals surface area (Å²) in [4.78, 5) is 0. The number of rotatable bonds is 1. The third-order valence-corrected chi connectivity index (χ3v) is 8.79. The molecule has 1 saturated heterocycles. The van der Waals surface area contributed by atoms with Crippen molar-refractivity contribution in [2.45, 2.75) is 58.8 Å². The highest BCUT2D eigenvalue weighted by atomic mass is 16.5. The van der Waals surface area contributed by atoms with E-state index in [2.05, 4.69) is 101 Å². The van der Waals surface area contributed by atoms with Gasteiger partial charge in [-0.2, -0.15) is 0 Å². The first-order valence-corrected chi connectivity index (χ1v) is 13.9. The Hall–Kier alpha value is -3.43. The quantitative estimate of drug-likeness (QED) is 0.166. The largest absolute Gasteiger partial charge is 0.455 e. The van der Waals surface area contributed by atoms with Gasteiger partial charge in [-0.25, -0.2) is 4.57 Å². The van der Waals surface area contributed by atoms with Crippen molar-refractivity contribution in [2.24, 2.45) is 7.05 Å². The lowest BCUT2D eigenvalue weighted by Crippen LogP contribution is -2.32. The van der Waals surface area contributed by atoms with Crippen LogP contribution in [0.15, 0.2) is 54.7 Å². The first-order valence-electron chi connectivity index (χ1n) is 13.9. The van der Waals surface area contributed by atoms with E-state index in [9.17, 15) is 0 Å². The van der Waals surface area contributed by atoms with Crippen LogP contribution in [0.5, 0.6) is 11.5 Å². The Kier molecular flexibility index (Phi) is 5.16. The second-order valence-corrected chi connectivity index (χ2v) is 12.4. The fraction of sp³-hybridized carbons (Fsp3) is 0.343. The van der Waals surface area contributed by atoms with Crippen LogP contribution in [0.25, 0.3) is 43.6 Å². The molecule has 0 amide bonds. The minimum atomic E-state index is -0.0810. The number of ether oxygens (including phenoxy) is 2. The second-order valence-electron chi connectivity index (χ2n) is 12.4. The van der Waals surface area contributed by atoms with Gasteiger partial charge in [0.25, 0.3) is 0 Å². The molecule has 0 atom stereocenters. The molecule has 4 aromatic carbocycles. The highest BCUT2D eigenvalue weighted by Crippen LogP contribution is 2.54. The van der Waals surface area contributed by atoms with E-state index in [0.29, 0.717) is 5.92 Å². The van der Waals surface area contributed by atoms with Crippen molar-refractivity contribution in [3.63, 3.8) is 0 Å². The van der Waals surface area contributed by atoms with Crippen LogP contribution in [0.1, 0.15) is 61.8 Å². The summed E-state index contributed by atoms with van der Waals surface area (Å²) in [5.74, 6) is 2.55. The number of hydrogen-bond acceptors (Lipinski definition) is 2. The van der Waals surface area contributed by atoms with Crippen molar-refractivity contribution < 1.29 is 14.0 Å². The van der Waals surface area contributed by atoms with Crippen LogP contribution in [-0.2, 0) is 17.2 Å². The van der Waals surface area contributed by atoms with E-state index in [0.717, 1.165) is 37.6 Å². The van der Waals surface area contributed by atoms with Crippen molar-refractivity contribution in [2.75, 3.05) is 13.2 Å². The Morgan fingerprint density at radius 3 is 2.37 bits per heavy atom. The summed E-state index contributed by atoms with van der Waals surface area (Å²) >= 11 is 0. The zero-order valence-corrected chi connectivity index (χ0v) is 23.4. The van der Waals surface area contributed by atoms with Crippen LogP contribution >= 0.6 is 0 Å². The molecule has 2 aliphatic heterocycles. The van der Waals surface area contributed by atoms with E-state index in [4.69, 9.17) is 9.47 Å². The fourth-order valence-corrected chi connectivity index (χ4v) is 6.93. The van der Waals surface area contributed by atoms with Gasteiger partial charge in [-0.15, -0.1) is 0 Å². The van der Waals surface area contributed by atoms with Crippen molar-refractivity contribution in [3.05, 3.63) is 77.0 Å². The molecule has 3 nitrogen and oxygen atoms in total. The Bertz CT molecular complexity index is 1780. The molecule has 3 heteroatoms. The summed E-state index contributed by atoms with van der Waals surface area (Å²) in [6, 6.07) is 18.5. The molecular formula is C35H36NO2+. The maximum absolute atomic E-state index is 7.04. The smallest absolute Gasteiger partial charge is 0.228 e. The molecule has 2 aliphatic rings. The minimum Gasteiger partial charge on any atom is -0.455 e. The van der Waals surface area contributed by atoms with Crippen LogP contribution in [-0.4, -0.2) is 13.2 Å². The molecule has 0 spiro atoms. The molecule has 0 N–H and O–H groups in total. The van der Waals surface area contributed by atoms with E-state index < -0.39 is 0 Å². The lowest BCUT2D eigenvalue weighted by Gasteiger charge is -2.31. The highest BCUT2D eigenvalue weighted by Gasteiger charge is 2.36. The number of fused-ring (bicyclic) bond motifs is 5. The van der Waals surface area contributed by atoms with Crippen LogP contribution < -0.4 is 9.30 Å². The summed E-state index contributed by atoms with van der Waals surface area (Å²) in [7, 11) is 2.17. The predicted molar refractivity (Wildman–Crippen MR) is 157 cm³/mol. The van der Waals surface area contributed by atoms with Crippen molar-refractivity contribution in [1.82, 2.24) is 0 Å². The Balaban J connectivity index is 1.57. The third-order valence-electron chi connectivity index (χ3n) is 8.79. The molecule has 0 bridgehead atoms. The van der Waals surface area contributed by atoms with Gasteiger partial charge in [0.1, 0.15) is 18.5 Å². The Morgan fingerprint density at radius 1 is 0.842 bits per heavy atom. The lowest BCUT2D eigenvalue weighted by molar-refractivity contribution is -0.659. The third kappa shape index (κ3) is 3.41. The standard InChI is InChI=1S/C35H36NO2/c1-20-7-9-27-28(17-20)21(2)30-33-31-26(11-14-36(33)6)25-10-8-23(22-12-15-37-16-13-22)18-24(25)19-29(31)38-34(30)32(27)35(3,4)5/h7-11,14,17-19,22H,12-13,15-16H2,1-6H3/q+1. The van der Waals surface area contributed by atoms with Crippen LogP contribution in [0.2, 0.25) is 0 Å². The number of benzene rings is 4. The Labute approximate surface area is 225 Å². The average molecular weight is 503 g/mol. The van der Waals surface area contributed by atoms with Gasteiger partial charge in [0, 0.05) is 30.2 Å². The SMILES string of the molecule is Cc1ccc2c(C(C)(C)C)c3c(c(C)c2c1)-c1c2c(cc4cc(C5CCOCC5)ccc4c2cc[n+]1C)O3. The number of pyridine rings is 1. The maximum Gasteiger partial charge on any atom is 0.228 e. The van der Waals surface area contributed by atoms with Crippen LogP contribution in [0.3, 0.4) is 0 Å². The zero-order valence-electron chi connectivity index (χ0n) is 23.4. The van der Waals surface area contributed by atoms with Gasteiger partial charge in [-0.05, 0) is 76.8 Å². The maximum atomic E-state index is 7.04. The molecule has 192 valence electrons. The molecule has 7 rings (SSSR count). The van der Waals surface area contributed by atoms with E-state index in [1.54, 1.807) is 0 Å². The van der Waals surface area contributed by atoms with E-state index >= 15 is 0 Å². The topological polar surface area (TPSA) is 22.3 Å². The van der Waals surface area contributed by atoms with Crippen LogP contribution in [0, 0.1) is 13.8 Å². The number of hydrogen-bond donors (Lipinski definition) is 0. The van der Waals surface area contributed by atoms with Gasteiger partial charge in [0.15, 0.2) is 6.20 Å². The molecule has 0 aliphatic carbocycles. The molecule has 1 aromatic heterocycles. The first kappa shape index (κ1) is 23.7. The zero-order chi connectivity index (χ0) is 26.3. The van der Waals surface area contributed by atoms with Gasteiger partial charge in [-0.1, -0.05) is 62.7 Å². The molecule has 0 saturated carbocycles. The number of nitrogens with zero attached hydrogens (tertiary/aromatic N) is 1. The molecular weight excluding hydrogens is 466 g/mol. The van der Waals surface area contributed by atoms with Crippen LogP contribution in [0.4, 0.5) is 0 Å². The first-order chi connectivity index (χ1) is 18.2. The summed E-state index contributed by atoms with van der Waals surface area (Å²) in [6.07, 6.45) is 4.41. The van der Waals surface area contributed by atoms with E-state index in [1.807, 2.05) is 0 Å². The second kappa shape index (κ2) is 8.28. The molecule has 0 unspecified atom stereocenters. The van der Waals surface area contributed by atoms with E-state index in [1.165, 1.54) is 65.8 Å². The predicted octanol–water partition coefficient (Wildman–Crippen LogP) is 8.55. The number of aromatic nitrogens is 1. The Morgan fingerprint density at radius 2 is 1.61 bits per heavy atom. The van der Waals surface area contributed by atoms with Crippen molar-refractivity contribution in [3.8, 4) is 22.8 Å². The molecule has 38 heavy (non-hydrogen) atoms. The van der Waals surface area contributed by atoms with Gasteiger partial charge in [0.05, 0.1) is 10.9 Å². The van der Waals surface area contributed by atoms with Crippen molar-refractivity contribution in [1.29, 1.82) is 0 Å². The fourth-order valence-electron chi connectivity index (χ4n) is 6.93. The summed E-state index contributed by atoms with van der Waals surface area (Å²) < 4.78 is 15.0. The number of aryl methyl sites for hydroxylation is 3. The summed E-state index contributed by atoms with van der Waals surface area (Å²) in [5.41, 5.74) is 7.67. The van der Waals surface area contributed by atoms with Gasteiger partial charge < -0.3 is 9.47 Å². The van der Waals surface area contributed by atoms with Crippen molar-refractivity contribution >= 4 is 32.3 Å². The monoisotopic (exact) mass is 502 g/mol. The normalized spacial score (nSPS) is 15.7. The molecule has 3 heterocycles. The minimum absolute atomic E-state index is 0.0810. The molecule has 5 aromatic rings. The van der Waals surface area contributed by atoms with E-state index in [-0.39, 0.29) is 5.41 Å². The van der Waals surface area contributed by atoms with Gasteiger partial charge >= 0.3 is 0 Å². The average Bonchev–Trinajstić information content (AvgIpc) is 2.89.